The molecule has 102 valence electrons. The van der Waals surface area contributed by atoms with E-state index in [0.29, 0.717) is 17.5 Å². The van der Waals surface area contributed by atoms with Crippen LogP contribution in [0.15, 0.2) is 12.1 Å². The molecule has 1 aromatic heterocycles. The van der Waals surface area contributed by atoms with Gasteiger partial charge in [-0.05, 0) is 19.2 Å². The molecule has 2 aromatic rings. The highest BCUT2D eigenvalue weighted by molar-refractivity contribution is 7.99. The van der Waals surface area contributed by atoms with E-state index < -0.39 is 0 Å². The van der Waals surface area contributed by atoms with Gasteiger partial charge in [0.1, 0.15) is 5.69 Å². The third kappa shape index (κ3) is 3.16. The molecule has 5 nitrogen and oxygen atoms in total. The molecule has 7 heteroatoms. The minimum atomic E-state index is -0.347. The summed E-state index contributed by atoms with van der Waals surface area (Å²) in [5.74, 6) is 0. The van der Waals surface area contributed by atoms with Gasteiger partial charge in [0, 0.05) is 17.9 Å². The summed E-state index contributed by atoms with van der Waals surface area (Å²) in [5, 5.41) is 15.6. The van der Waals surface area contributed by atoms with Crippen molar-refractivity contribution in [2.45, 2.75) is 19.1 Å². The standard InChI is InChI=1S/C12H15N3O2S2/c1-7(18-3)6-13-9-4-10-12(19-8(2)14-10)5-11(9)15(16)17/h4-5,7,13H,6H2,1-3H3. The van der Waals surface area contributed by atoms with Crippen LogP contribution < -0.4 is 5.32 Å². The van der Waals surface area contributed by atoms with E-state index in [2.05, 4.69) is 17.2 Å². The van der Waals surface area contributed by atoms with Gasteiger partial charge in [0.25, 0.3) is 5.69 Å². The highest BCUT2D eigenvalue weighted by Gasteiger charge is 2.17. The molecule has 1 aromatic carbocycles. The number of benzene rings is 1. The largest absolute Gasteiger partial charge is 0.378 e. The smallest absolute Gasteiger partial charge is 0.293 e. The second-order valence-electron chi connectivity index (χ2n) is 4.25. The van der Waals surface area contributed by atoms with Crippen LogP contribution in [0.3, 0.4) is 0 Å². The van der Waals surface area contributed by atoms with Gasteiger partial charge in [-0.1, -0.05) is 6.92 Å². The molecule has 0 saturated carbocycles. The van der Waals surface area contributed by atoms with Gasteiger partial charge in [0.05, 0.1) is 20.1 Å². The Morgan fingerprint density at radius 3 is 2.95 bits per heavy atom. The topological polar surface area (TPSA) is 68.1 Å². The van der Waals surface area contributed by atoms with Crippen LogP contribution in [0.4, 0.5) is 11.4 Å². The Morgan fingerprint density at radius 1 is 1.58 bits per heavy atom. The maximum absolute atomic E-state index is 11.1. The highest BCUT2D eigenvalue weighted by atomic mass is 32.2. The van der Waals surface area contributed by atoms with Crippen molar-refractivity contribution >= 4 is 44.7 Å². The number of aromatic nitrogens is 1. The summed E-state index contributed by atoms with van der Waals surface area (Å²) in [7, 11) is 0. The normalized spacial score (nSPS) is 12.6. The zero-order valence-electron chi connectivity index (χ0n) is 11.0. The predicted molar refractivity (Wildman–Crippen MR) is 82.5 cm³/mol. The van der Waals surface area contributed by atoms with Gasteiger partial charge in [-0.15, -0.1) is 11.3 Å². The monoisotopic (exact) mass is 297 g/mol. The number of aryl methyl sites for hydroxylation is 1. The summed E-state index contributed by atoms with van der Waals surface area (Å²) in [6, 6.07) is 3.37. The molecule has 0 amide bonds. The minimum Gasteiger partial charge on any atom is -0.378 e. The van der Waals surface area contributed by atoms with Crippen molar-refractivity contribution in [2.24, 2.45) is 0 Å². The summed E-state index contributed by atoms with van der Waals surface area (Å²) >= 11 is 3.19. The molecule has 1 N–H and O–H groups in total. The number of nitrogens with zero attached hydrogens (tertiary/aromatic N) is 2. The van der Waals surface area contributed by atoms with Gasteiger partial charge in [0.15, 0.2) is 0 Å². The first-order chi connectivity index (χ1) is 9.01. The zero-order chi connectivity index (χ0) is 14.0. The zero-order valence-corrected chi connectivity index (χ0v) is 12.6. The molecular formula is C12H15N3O2S2. The Hall–Kier alpha value is -1.34. The number of hydrogen-bond acceptors (Lipinski definition) is 6. The van der Waals surface area contributed by atoms with Crippen LogP contribution in [0.5, 0.6) is 0 Å². The van der Waals surface area contributed by atoms with E-state index >= 15 is 0 Å². The molecule has 19 heavy (non-hydrogen) atoms. The van der Waals surface area contributed by atoms with Crippen LogP contribution in [0.2, 0.25) is 0 Å². The van der Waals surface area contributed by atoms with Crippen LogP contribution in [0, 0.1) is 17.0 Å². The van der Waals surface area contributed by atoms with E-state index in [1.54, 1.807) is 23.9 Å². The van der Waals surface area contributed by atoms with Crippen molar-refractivity contribution in [1.29, 1.82) is 0 Å². The van der Waals surface area contributed by atoms with Crippen molar-refractivity contribution in [1.82, 2.24) is 4.98 Å². The lowest BCUT2D eigenvalue weighted by atomic mass is 10.2. The molecule has 0 aliphatic heterocycles. The van der Waals surface area contributed by atoms with Gasteiger partial charge in [-0.2, -0.15) is 11.8 Å². The van der Waals surface area contributed by atoms with Crippen LogP contribution >= 0.6 is 23.1 Å². The first-order valence-electron chi connectivity index (χ1n) is 5.83. The lowest BCUT2D eigenvalue weighted by Crippen LogP contribution is -2.13. The molecular weight excluding hydrogens is 282 g/mol. The van der Waals surface area contributed by atoms with E-state index in [1.807, 2.05) is 13.2 Å². The first kappa shape index (κ1) is 14.1. The lowest BCUT2D eigenvalue weighted by molar-refractivity contribution is -0.383. The van der Waals surface area contributed by atoms with E-state index in [1.165, 1.54) is 11.3 Å². The highest BCUT2D eigenvalue weighted by Crippen LogP contribution is 2.33. The number of hydrogen-bond donors (Lipinski definition) is 1. The SMILES string of the molecule is CSC(C)CNc1cc2nc(C)sc2cc1[N+](=O)[O-]. The van der Waals surface area contributed by atoms with Crippen LogP contribution in [0.25, 0.3) is 10.2 Å². The van der Waals surface area contributed by atoms with Crippen molar-refractivity contribution < 1.29 is 4.92 Å². The van der Waals surface area contributed by atoms with Crippen LogP contribution in [-0.2, 0) is 0 Å². The van der Waals surface area contributed by atoms with Crippen molar-refractivity contribution in [3.63, 3.8) is 0 Å². The molecule has 1 heterocycles. The third-order valence-electron chi connectivity index (χ3n) is 2.79. The fraction of sp³-hybridized carbons (Fsp3) is 0.417. The number of thioether (sulfide) groups is 1. The van der Waals surface area contributed by atoms with Gasteiger partial charge in [-0.25, -0.2) is 4.98 Å². The van der Waals surface area contributed by atoms with Crippen molar-refractivity contribution in [3.8, 4) is 0 Å². The van der Waals surface area contributed by atoms with Crippen LogP contribution in [0.1, 0.15) is 11.9 Å². The number of nitro groups is 1. The van der Waals surface area contributed by atoms with E-state index in [0.717, 1.165) is 15.2 Å². The Balaban J connectivity index is 2.38. The van der Waals surface area contributed by atoms with Crippen LogP contribution in [-0.4, -0.2) is 28.0 Å². The molecule has 1 atom stereocenters. The number of nitro benzene ring substituents is 1. The number of nitrogens with one attached hydrogen (secondary N) is 1. The van der Waals surface area contributed by atoms with Gasteiger partial charge < -0.3 is 5.32 Å². The summed E-state index contributed by atoms with van der Waals surface area (Å²) in [6.45, 7) is 4.67. The second kappa shape index (κ2) is 5.75. The molecule has 2 rings (SSSR count). The summed E-state index contributed by atoms with van der Waals surface area (Å²) in [5.41, 5.74) is 1.47. The summed E-state index contributed by atoms with van der Waals surface area (Å²) < 4.78 is 0.854. The Labute approximate surface area is 119 Å². The van der Waals surface area contributed by atoms with E-state index in [4.69, 9.17) is 0 Å². The average molecular weight is 297 g/mol. The molecule has 0 bridgehead atoms. The van der Waals surface area contributed by atoms with Gasteiger partial charge in [0.2, 0.25) is 0 Å². The molecule has 0 spiro atoms. The van der Waals surface area contributed by atoms with Crippen molar-refractivity contribution in [3.05, 3.63) is 27.3 Å². The maximum atomic E-state index is 11.1. The Bertz CT molecular complexity index is 612. The first-order valence-corrected chi connectivity index (χ1v) is 7.94. The quantitative estimate of drug-likeness (QED) is 0.673. The maximum Gasteiger partial charge on any atom is 0.293 e. The second-order valence-corrected chi connectivity index (χ2v) is 6.77. The average Bonchev–Trinajstić information content (AvgIpc) is 2.73. The lowest BCUT2D eigenvalue weighted by Gasteiger charge is -2.11. The molecule has 0 aliphatic rings. The molecule has 0 radical (unpaired) electrons. The summed E-state index contributed by atoms with van der Waals surface area (Å²) in [4.78, 5) is 15.2. The van der Waals surface area contributed by atoms with Crippen molar-refractivity contribution in [2.75, 3.05) is 18.1 Å². The molecule has 0 fully saturated rings. The Kier molecular flexibility index (Phi) is 4.26. The Morgan fingerprint density at radius 2 is 2.32 bits per heavy atom. The van der Waals surface area contributed by atoms with E-state index in [9.17, 15) is 10.1 Å². The fourth-order valence-electron chi connectivity index (χ4n) is 1.71. The molecule has 1 unspecified atom stereocenters. The van der Waals surface area contributed by atoms with E-state index in [-0.39, 0.29) is 10.6 Å². The predicted octanol–water partition coefficient (Wildman–Crippen LogP) is 3.68. The minimum absolute atomic E-state index is 0.115. The molecule has 0 aliphatic carbocycles. The summed E-state index contributed by atoms with van der Waals surface area (Å²) in [6.07, 6.45) is 2.02. The number of rotatable bonds is 5. The van der Waals surface area contributed by atoms with Gasteiger partial charge >= 0.3 is 0 Å². The number of anilines is 1. The van der Waals surface area contributed by atoms with Gasteiger partial charge in [-0.3, -0.25) is 10.1 Å². The molecule has 0 saturated heterocycles. The fourth-order valence-corrected chi connectivity index (χ4v) is 2.80. The third-order valence-corrected chi connectivity index (χ3v) is 4.70. The number of thiazole rings is 1. The number of fused-ring (bicyclic) bond motifs is 1.